The Morgan fingerprint density at radius 2 is 1.83 bits per heavy atom. The topological polar surface area (TPSA) is 66.5 Å². The van der Waals surface area contributed by atoms with Gasteiger partial charge in [-0.05, 0) is 42.9 Å². The van der Waals surface area contributed by atoms with Crippen LogP contribution in [0.1, 0.15) is 30.4 Å². The number of benzene rings is 2. The maximum absolute atomic E-state index is 12.7. The Morgan fingerprint density at radius 1 is 1.10 bits per heavy atom. The molecule has 1 aliphatic rings. The Morgan fingerprint density at radius 3 is 2.59 bits per heavy atom. The average molecular weight is 435 g/mol. The summed E-state index contributed by atoms with van der Waals surface area (Å²) in [5.74, 6) is -0.334. The van der Waals surface area contributed by atoms with E-state index >= 15 is 0 Å². The lowest BCUT2D eigenvalue weighted by Gasteiger charge is -2.31. The Balaban J connectivity index is 1.50. The van der Waals surface area contributed by atoms with Crippen molar-refractivity contribution >= 4 is 27.5 Å². The highest BCUT2D eigenvalue weighted by Gasteiger charge is 2.31. The molecule has 1 atom stereocenters. The van der Waals surface area contributed by atoms with E-state index in [9.17, 15) is 13.2 Å². The number of piperidine rings is 1. The van der Waals surface area contributed by atoms with Crippen LogP contribution in [0.3, 0.4) is 0 Å². The molecule has 2 aromatic carbocycles. The summed E-state index contributed by atoms with van der Waals surface area (Å²) in [6.07, 6.45) is 2.70. The van der Waals surface area contributed by atoms with Crippen molar-refractivity contribution in [3.8, 4) is 0 Å². The molecule has 1 aliphatic heterocycles. The molecule has 2 aromatic rings. The van der Waals surface area contributed by atoms with Crippen LogP contribution in [-0.2, 0) is 27.8 Å². The second-order valence-corrected chi connectivity index (χ2v) is 9.91. The summed E-state index contributed by atoms with van der Waals surface area (Å²) in [6.45, 7) is 1.09. The minimum Gasteiger partial charge on any atom is -0.352 e. The first-order chi connectivity index (χ1) is 14.0. The van der Waals surface area contributed by atoms with E-state index in [1.165, 1.54) is 4.31 Å². The van der Waals surface area contributed by atoms with E-state index in [2.05, 4.69) is 5.32 Å². The minimum atomic E-state index is -3.36. The molecule has 0 saturated carbocycles. The number of rotatable bonds is 8. The van der Waals surface area contributed by atoms with Gasteiger partial charge in [0, 0.05) is 24.7 Å². The molecule has 1 fully saturated rings. The smallest absolute Gasteiger partial charge is 0.224 e. The maximum atomic E-state index is 12.7. The lowest BCUT2D eigenvalue weighted by molar-refractivity contribution is -0.126. The largest absolute Gasteiger partial charge is 0.352 e. The quantitative estimate of drug-likeness (QED) is 0.689. The molecule has 0 aliphatic carbocycles. The van der Waals surface area contributed by atoms with Crippen LogP contribution in [0.4, 0.5) is 0 Å². The first kappa shape index (κ1) is 21.8. The van der Waals surface area contributed by atoms with Gasteiger partial charge >= 0.3 is 0 Å². The summed E-state index contributed by atoms with van der Waals surface area (Å²) in [7, 11) is -3.36. The molecular formula is C22H27ClN2O3S. The predicted molar refractivity (Wildman–Crippen MR) is 116 cm³/mol. The summed E-state index contributed by atoms with van der Waals surface area (Å²) < 4.78 is 27.0. The van der Waals surface area contributed by atoms with Crippen LogP contribution in [0.15, 0.2) is 54.6 Å². The molecule has 5 nitrogen and oxygen atoms in total. The molecule has 0 radical (unpaired) electrons. The second-order valence-electron chi connectivity index (χ2n) is 7.41. The molecule has 0 spiro atoms. The Hall–Kier alpha value is -1.89. The van der Waals surface area contributed by atoms with Crippen molar-refractivity contribution in [1.29, 1.82) is 0 Å². The van der Waals surface area contributed by atoms with Gasteiger partial charge in [-0.2, -0.15) is 0 Å². The fourth-order valence-electron chi connectivity index (χ4n) is 3.61. The van der Waals surface area contributed by atoms with Crippen LogP contribution in [0, 0.1) is 5.92 Å². The molecular weight excluding hydrogens is 408 g/mol. The summed E-state index contributed by atoms with van der Waals surface area (Å²) >= 11 is 6.13. The van der Waals surface area contributed by atoms with Gasteiger partial charge in [-0.3, -0.25) is 4.79 Å². The van der Waals surface area contributed by atoms with Crippen molar-refractivity contribution in [2.45, 2.75) is 32.2 Å². The fourth-order valence-corrected chi connectivity index (χ4v) is 5.39. The molecule has 156 valence electrons. The van der Waals surface area contributed by atoms with Crippen molar-refractivity contribution < 1.29 is 13.2 Å². The van der Waals surface area contributed by atoms with E-state index in [-0.39, 0.29) is 24.1 Å². The number of nitrogens with zero attached hydrogens (tertiary/aromatic N) is 1. The van der Waals surface area contributed by atoms with Gasteiger partial charge in [-0.15, -0.1) is 0 Å². The third kappa shape index (κ3) is 6.29. The summed E-state index contributed by atoms with van der Waals surface area (Å²) in [5, 5.41) is 3.51. The third-order valence-corrected chi connectivity index (χ3v) is 7.56. The molecule has 1 amide bonds. The SMILES string of the molecule is O=C(NCc1ccccc1Cl)C1CCCN(S(=O)(=O)CCCc2ccccc2)C1. The van der Waals surface area contributed by atoms with Crippen molar-refractivity contribution in [2.24, 2.45) is 5.92 Å². The number of nitrogens with one attached hydrogen (secondary N) is 1. The van der Waals surface area contributed by atoms with Gasteiger partial charge in [-0.1, -0.05) is 60.1 Å². The summed E-state index contributed by atoms with van der Waals surface area (Å²) in [5.41, 5.74) is 1.99. The molecule has 1 unspecified atom stereocenters. The van der Waals surface area contributed by atoms with Gasteiger partial charge in [0.1, 0.15) is 0 Å². The zero-order valence-electron chi connectivity index (χ0n) is 16.4. The number of aryl methyl sites for hydroxylation is 1. The Labute approximate surface area is 178 Å². The molecule has 0 aromatic heterocycles. The van der Waals surface area contributed by atoms with Gasteiger partial charge in [0.15, 0.2) is 0 Å². The van der Waals surface area contributed by atoms with E-state index in [4.69, 9.17) is 11.6 Å². The van der Waals surface area contributed by atoms with Gasteiger partial charge in [0.2, 0.25) is 15.9 Å². The second kappa shape index (κ2) is 10.2. The van der Waals surface area contributed by atoms with Gasteiger partial charge in [-0.25, -0.2) is 12.7 Å². The highest BCUT2D eigenvalue weighted by atomic mass is 35.5. The molecule has 1 N–H and O–H groups in total. The van der Waals surface area contributed by atoms with Crippen LogP contribution >= 0.6 is 11.6 Å². The number of hydrogen-bond acceptors (Lipinski definition) is 3. The lowest BCUT2D eigenvalue weighted by Crippen LogP contribution is -2.46. The monoisotopic (exact) mass is 434 g/mol. The number of halogens is 1. The highest BCUT2D eigenvalue weighted by Crippen LogP contribution is 2.21. The number of hydrogen-bond donors (Lipinski definition) is 1. The zero-order valence-corrected chi connectivity index (χ0v) is 18.0. The van der Waals surface area contributed by atoms with Crippen LogP contribution in [-0.4, -0.2) is 37.5 Å². The van der Waals surface area contributed by atoms with Crippen molar-refractivity contribution in [3.63, 3.8) is 0 Å². The molecule has 7 heteroatoms. The van der Waals surface area contributed by atoms with Crippen molar-refractivity contribution in [1.82, 2.24) is 9.62 Å². The third-order valence-electron chi connectivity index (χ3n) is 5.27. The van der Waals surface area contributed by atoms with Crippen molar-refractivity contribution in [2.75, 3.05) is 18.8 Å². The molecule has 1 saturated heterocycles. The predicted octanol–water partition coefficient (Wildman–Crippen LogP) is 3.63. The fraction of sp³-hybridized carbons (Fsp3) is 0.409. The minimum absolute atomic E-state index is 0.107. The number of carbonyl (C=O) groups is 1. The number of carbonyl (C=O) groups excluding carboxylic acids is 1. The molecule has 29 heavy (non-hydrogen) atoms. The normalized spacial score (nSPS) is 17.8. The van der Waals surface area contributed by atoms with Crippen LogP contribution < -0.4 is 5.32 Å². The summed E-state index contributed by atoms with van der Waals surface area (Å²) in [6, 6.07) is 17.2. The van der Waals surface area contributed by atoms with Gasteiger partial charge < -0.3 is 5.32 Å². The summed E-state index contributed by atoms with van der Waals surface area (Å²) in [4.78, 5) is 12.6. The molecule has 0 bridgehead atoms. The van der Waals surface area contributed by atoms with E-state index in [1.807, 2.05) is 48.5 Å². The van der Waals surface area contributed by atoms with Crippen LogP contribution in [0.5, 0.6) is 0 Å². The van der Waals surface area contributed by atoms with Gasteiger partial charge in [0.05, 0.1) is 11.7 Å². The van der Waals surface area contributed by atoms with Crippen LogP contribution in [0.25, 0.3) is 0 Å². The van der Waals surface area contributed by atoms with E-state index in [0.717, 1.165) is 17.5 Å². The first-order valence-corrected chi connectivity index (χ1v) is 12.0. The lowest BCUT2D eigenvalue weighted by atomic mass is 9.99. The maximum Gasteiger partial charge on any atom is 0.224 e. The Bertz CT molecular complexity index is 919. The Kier molecular flexibility index (Phi) is 7.70. The van der Waals surface area contributed by atoms with E-state index in [1.54, 1.807) is 6.07 Å². The zero-order chi connectivity index (χ0) is 20.7. The first-order valence-electron chi connectivity index (χ1n) is 9.98. The van der Waals surface area contributed by atoms with Gasteiger partial charge in [0.25, 0.3) is 0 Å². The number of sulfonamides is 1. The average Bonchev–Trinajstić information content (AvgIpc) is 2.74. The van der Waals surface area contributed by atoms with E-state index < -0.39 is 10.0 Å². The molecule has 1 heterocycles. The van der Waals surface area contributed by atoms with Crippen molar-refractivity contribution in [3.05, 3.63) is 70.7 Å². The van der Waals surface area contributed by atoms with E-state index in [0.29, 0.717) is 37.4 Å². The standard InChI is InChI=1S/C22H27ClN2O3S/c23-21-13-5-4-11-19(21)16-24-22(26)20-12-6-14-25(17-20)29(27,28)15-7-10-18-8-2-1-3-9-18/h1-5,8-9,11,13,20H,6-7,10,12,14-17H2,(H,24,26). The number of amides is 1. The highest BCUT2D eigenvalue weighted by molar-refractivity contribution is 7.89. The molecule has 3 rings (SSSR count). The van der Waals surface area contributed by atoms with Crippen LogP contribution in [0.2, 0.25) is 5.02 Å².